The zero-order valence-corrected chi connectivity index (χ0v) is 17.2. The first-order valence-corrected chi connectivity index (χ1v) is 10.9. The molecule has 2 aromatic carbocycles. The summed E-state index contributed by atoms with van der Waals surface area (Å²) in [6.07, 6.45) is 0. The standard InChI is InChI=1S/C18H14Cl2NO4PS/c1-25-26(24,14-8-6-13(20)7-9-14)21-15-10-16(27-17(15)18(22)23)11-2-4-12(19)5-3-11/h2-10H,1H3,(H,21,24)(H,22,23). The smallest absolute Gasteiger partial charge is 0.348 e. The van der Waals surface area contributed by atoms with Crippen LogP contribution in [0.3, 0.4) is 0 Å². The Kier molecular flexibility index (Phi) is 5.94. The largest absolute Gasteiger partial charge is 0.477 e. The van der Waals surface area contributed by atoms with Gasteiger partial charge in [-0.05, 0) is 48.0 Å². The van der Waals surface area contributed by atoms with Crippen molar-refractivity contribution in [2.24, 2.45) is 0 Å². The van der Waals surface area contributed by atoms with Gasteiger partial charge in [0.2, 0.25) is 0 Å². The molecule has 1 atom stereocenters. The second kappa shape index (κ2) is 8.05. The van der Waals surface area contributed by atoms with Gasteiger partial charge in [-0.1, -0.05) is 35.3 Å². The third-order valence-electron chi connectivity index (χ3n) is 3.75. The highest BCUT2D eigenvalue weighted by Crippen LogP contribution is 2.48. The minimum absolute atomic E-state index is 0.0335. The molecule has 1 aromatic heterocycles. The number of halogens is 2. The molecule has 0 aliphatic carbocycles. The van der Waals surface area contributed by atoms with Crippen LogP contribution >= 0.6 is 42.1 Å². The van der Waals surface area contributed by atoms with Crippen LogP contribution in [0.4, 0.5) is 5.69 Å². The van der Waals surface area contributed by atoms with E-state index in [1.54, 1.807) is 54.6 Å². The summed E-state index contributed by atoms with van der Waals surface area (Å²) >= 11 is 12.9. The van der Waals surface area contributed by atoms with Crippen molar-refractivity contribution < 1.29 is 19.0 Å². The van der Waals surface area contributed by atoms with Crippen LogP contribution in [0.25, 0.3) is 10.4 Å². The Morgan fingerprint density at radius 1 is 1.07 bits per heavy atom. The van der Waals surface area contributed by atoms with Crippen molar-refractivity contribution >= 4 is 59.0 Å². The first-order valence-electron chi connectivity index (χ1n) is 7.65. The highest BCUT2D eigenvalue weighted by Gasteiger charge is 2.28. The zero-order valence-electron chi connectivity index (χ0n) is 14.0. The van der Waals surface area contributed by atoms with E-state index < -0.39 is 13.5 Å². The van der Waals surface area contributed by atoms with E-state index in [4.69, 9.17) is 27.7 Å². The lowest BCUT2D eigenvalue weighted by Crippen LogP contribution is -2.13. The fourth-order valence-corrected chi connectivity index (χ4v) is 5.15. The molecule has 2 N–H and O–H groups in total. The van der Waals surface area contributed by atoms with Gasteiger partial charge in [0.05, 0.1) is 11.0 Å². The van der Waals surface area contributed by atoms with Gasteiger partial charge in [0, 0.05) is 22.0 Å². The Labute approximate surface area is 170 Å². The van der Waals surface area contributed by atoms with Crippen LogP contribution in [-0.2, 0) is 9.09 Å². The van der Waals surface area contributed by atoms with Gasteiger partial charge in [-0.3, -0.25) is 4.57 Å². The number of hydrogen-bond acceptors (Lipinski definition) is 4. The lowest BCUT2D eigenvalue weighted by molar-refractivity contribution is 0.0703. The molecule has 0 saturated carbocycles. The van der Waals surface area contributed by atoms with E-state index in [-0.39, 0.29) is 10.6 Å². The van der Waals surface area contributed by atoms with Crippen LogP contribution in [0.1, 0.15) is 9.67 Å². The van der Waals surface area contributed by atoms with Crippen molar-refractivity contribution in [1.82, 2.24) is 0 Å². The SMILES string of the molecule is COP(=O)(Nc1cc(-c2ccc(Cl)cc2)sc1C(=O)O)c1ccc(Cl)cc1. The molecule has 0 amide bonds. The zero-order chi connectivity index (χ0) is 19.6. The number of carboxylic acid groups (broad SMARTS) is 1. The van der Waals surface area contributed by atoms with Gasteiger partial charge < -0.3 is 14.7 Å². The fraction of sp³-hybridized carbons (Fsp3) is 0.0556. The van der Waals surface area contributed by atoms with Crippen LogP contribution in [0.15, 0.2) is 54.6 Å². The number of carboxylic acids is 1. The molecule has 0 aliphatic rings. The summed E-state index contributed by atoms with van der Waals surface area (Å²) in [6, 6.07) is 15.0. The minimum Gasteiger partial charge on any atom is -0.477 e. The van der Waals surface area contributed by atoms with Gasteiger partial charge in [-0.25, -0.2) is 4.79 Å². The summed E-state index contributed by atoms with van der Waals surface area (Å²) < 4.78 is 18.5. The van der Waals surface area contributed by atoms with Crippen molar-refractivity contribution in [2.45, 2.75) is 0 Å². The number of rotatable bonds is 6. The Morgan fingerprint density at radius 3 is 2.15 bits per heavy atom. The Morgan fingerprint density at radius 2 is 1.63 bits per heavy atom. The van der Waals surface area contributed by atoms with Crippen LogP contribution in [0.2, 0.25) is 10.0 Å². The maximum Gasteiger partial charge on any atom is 0.348 e. The van der Waals surface area contributed by atoms with E-state index in [0.29, 0.717) is 20.2 Å². The second-order valence-corrected chi connectivity index (χ2v) is 9.62. The van der Waals surface area contributed by atoms with Gasteiger partial charge >= 0.3 is 13.5 Å². The molecule has 5 nitrogen and oxygen atoms in total. The van der Waals surface area contributed by atoms with Gasteiger partial charge in [0.15, 0.2) is 0 Å². The van der Waals surface area contributed by atoms with E-state index >= 15 is 0 Å². The Bertz CT molecular complexity index is 1020. The highest BCUT2D eigenvalue weighted by atomic mass is 35.5. The first-order chi connectivity index (χ1) is 12.8. The maximum absolute atomic E-state index is 13.2. The summed E-state index contributed by atoms with van der Waals surface area (Å²) in [5.41, 5.74) is 1.02. The van der Waals surface area contributed by atoms with E-state index in [1.807, 2.05) is 0 Å². The van der Waals surface area contributed by atoms with E-state index in [1.165, 1.54) is 7.11 Å². The molecule has 0 fully saturated rings. The lowest BCUT2D eigenvalue weighted by Gasteiger charge is -2.18. The van der Waals surface area contributed by atoms with Crippen molar-refractivity contribution in [3.8, 4) is 10.4 Å². The normalized spacial score (nSPS) is 13.1. The summed E-state index contributed by atoms with van der Waals surface area (Å²) in [5, 5.41) is 13.8. The third kappa shape index (κ3) is 4.37. The van der Waals surface area contributed by atoms with Crippen LogP contribution in [-0.4, -0.2) is 18.2 Å². The molecule has 1 unspecified atom stereocenters. The molecule has 27 heavy (non-hydrogen) atoms. The number of hydrogen-bond donors (Lipinski definition) is 2. The number of nitrogens with one attached hydrogen (secondary N) is 1. The summed E-state index contributed by atoms with van der Waals surface area (Å²) in [6.45, 7) is 0. The number of aromatic carboxylic acids is 1. The molecule has 140 valence electrons. The van der Waals surface area contributed by atoms with Gasteiger partial charge in [-0.2, -0.15) is 0 Å². The van der Waals surface area contributed by atoms with Gasteiger partial charge in [-0.15, -0.1) is 11.3 Å². The maximum atomic E-state index is 13.2. The number of thiophene rings is 1. The molecule has 0 spiro atoms. The molecule has 0 bridgehead atoms. The topological polar surface area (TPSA) is 75.6 Å². The molecule has 0 radical (unpaired) electrons. The number of benzene rings is 2. The van der Waals surface area contributed by atoms with Crippen molar-refractivity contribution in [2.75, 3.05) is 12.2 Å². The monoisotopic (exact) mass is 441 g/mol. The molecular formula is C18H14Cl2NO4PS. The Balaban J connectivity index is 2.02. The number of anilines is 1. The van der Waals surface area contributed by atoms with Crippen LogP contribution in [0, 0.1) is 0 Å². The molecule has 0 saturated heterocycles. The second-order valence-electron chi connectivity index (χ2n) is 5.49. The van der Waals surface area contributed by atoms with E-state index in [9.17, 15) is 14.5 Å². The number of carbonyl (C=O) groups is 1. The lowest BCUT2D eigenvalue weighted by atomic mass is 10.2. The van der Waals surface area contributed by atoms with Gasteiger partial charge in [0.25, 0.3) is 0 Å². The molecule has 0 aliphatic heterocycles. The third-order valence-corrected chi connectivity index (χ3v) is 7.45. The van der Waals surface area contributed by atoms with Crippen molar-refractivity contribution in [3.05, 3.63) is 69.5 Å². The Hall–Kier alpha value is -1.82. The van der Waals surface area contributed by atoms with Crippen molar-refractivity contribution in [3.63, 3.8) is 0 Å². The van der Waals surface area contributed by atoms with Crippen molar-refractivity contribution in [1.29, 1.82) is 0 Å². The molecular weight excluding hydrogens is 428 g/mol. The summed E-state index contributed by atoms with van der Waals surface area (Å²) in [4.78, 5) is 12.4. The van der Waals surface area contributed by atoms with Crippen LogP contribution < -0.4 is 10.4 Å². The van der Waals surface area contributed by atoms with E-state index in [2.05, 4.69) is 5.09 Å². The summed E-state index contributed by atoms with van der Waals surface area (Å²) in [5.74, 6) is -1.12. The average Bonchev–Trinajstić information content (AvgIpc) is 3.06. The minimum atomic E-state index is -3.53. The fourth-order valence-electron chi connectivity index (χ4n) is 2.40. The molecule has 3 rings (SSSR count). The molecule has 9 heteroatoms. The quantitative estimate of drug-likeness (QED) is 0.459. The molecule has 1 heterocycles. The first kappa shape index (κ1) is 19.9. The van der Waals surface area contributed by atoms with Gasteiger partial charge in [0.1, 0.15) is 4.88 Å². The highest BCUT2D eigenvalue weighted by molar-refractivity contribution is 7.68. The predicted octanol–water partition coefficient (Wildman–Crippen LogP) is 6.00. The molecule has 3 aromatic rings. The van der Waals surface area contributed by atoms with E-state index in [0.717, 1.165) is 16.9 Å². The predicted molar refractivity (Wildman–Crippen MR) is 111 cm³/mol. The average molecular weight is 442 g/mol. The summed E-state index contributed by atoms with van der Waals surface area (Å²) in [7, 11) is -2.23. The van der Waals surface area contributed by atoms with Crippen LogP contribution in [0.5, 0.6) is 0 Å².